The number of benzene rings is 2. The molecule has 0 fully saturated rings. The Balaban J connectivity index is 2.08. The summed E-state index contributed by atoms with van der Waals surface area (Å²) in [4.78, 5) is 24.0. The number of hydrogen-bond acceptors (Lipinski definition) is 3. The van der Waals surface area contributed by atoms with E-state index in [1.807, 2.05) is 37.3 Å². The molecular formula is C18H21N3O2. The zero-order valence-electron chi connectivity index (χ0n) is 13.1. The van der Waals surface area contributed by atoms with Crippen molar-refractivity contribution in [1.82, 2.24) is 0 Å². The van der Waals surface area contributed by atoms with Gasteiger partial charge < -0.3 is 16.4 Å². The zero-order chi connectivity index (χ0) is 16.7. The molecule has 0 unspecified atom stereocenters. The van der Waals surface area contributed by atoms with Crippen molar-refractivity contribution in [3.63, 3.8) is 0 Å². The lowest BCUT2D eigenvalue weighted by molar-refractivity contribution is -0.116. The van der Waals surface area contributed by atoms with Crippen molar-refractivity contribution in [3.8, 4) is 0 Å². The van der Waals surface area contributed by atoms with Crippen LogP contribution in [0.15, 0.2) is 48.5 Å². The van der Waals surface area contributed by atoms with Crippen LogP contribution in [0.5, 0.6) is 0 Å². The van der Waals surface area contributed by atoms with E-state index in [0.29, 0.717) is 36.3 Å². The van der Waals surface area contributed by atoms with Crippen molar-refractivity contribution in [2.45, 2.75) is 19.8 Å². The summed E-state index contributed by atoms with van der Waals surface area (Å²) in [5.41, 5.74) is 8.24. The number of anilines is 2. The van der Waals surface area contributed by atoms with Gasteiger partial charge in [0, 0.05) is 23.4 Å². The van der Waals surface area contributed by atoms with Gasteiger partial charge in [-0.1, -0.05) is 24.3 Å². The minimum absolute atomic E-state index is 0.0837. The highest BCUT2D eigenvalue weighted by Gasteiger charge is 2.09. The molecule has 23 heavy (non-hydrogen) atoms. The monoisotopic (exact) mass is 311 g/mol. The maximum atomic E-state index is 12.2. The molecule has 0 aliphatic carbocycles. The fraction of sp³-hybridized carbons (Fsp3) is 0.222. The average Bonchev–Trinajstić information content (AvgIpc) is 2.56. The van der Waals surface area contributed by atoms with E-state index in [1.54, 1.807) is 18.2 Å². The summed E-state index contributed by atoms with van der Waals surface area (Å²) in [7, 11) is 0. The number of carbonyl (C=O) groups excluding carboxylic acids is 2. The molecule has 120 valence electrons. The van der Waals surface area contributed by atoms with Gasteiger partial charge in [0.1, 0.15) is 0 Å². The van der Waals surface area contributed by atoms with Crippen LogP contribution in [0.2, 0.25) is 0 Å². The Hall–Kier alpha value is -2.66. The first kappa shape index (κ1) is 16.7. The maximum Gasteiger partial charge on any atom is 0.255 e. The molecule has 0 heterocycles. The van der Waals surface area contributed by atoms with Crippen LogP contribution >= 0.6 is 0 Å². The minimum Gasteiger partial charge on any atom is -0.330 e. The Labute approximate surface area is 135 Å². The number of aryl methyl sites for hydroxylation is 1. The summed E-state index contributed by atoms with van der Waals surface area (Å²) < 4.78 is 0. The average molecular weight is 311 g/mol. The first-order valence-electron chi connectivity index (χ1n) is 7.57. The SMILES string of the molecule is Cc1ccc(NC(=O)CCCN)cc1NC(=O)c1ccccc1. The normalized spacial score (nSPS) is 10.2. The lowest BCUT2D eigenvalue weighted by atomic mass is 10.1. The number of nitrogens with one attached hydrogen (secondary N) is 2. The van der Waals surface area contributed by atoms with Gasteiger partial charge in [0.15, 0.2) is 0 Å². The van der Waals surface area contributed by atoms with Gasteiger partial charge in [0.05, 0.1) is 0 Å². The second-order valence-electron chi connectivity index (χ2n) is 5.29. The molecule has 0 aliphatic rings. The van der Waals surface area contributed by atoms with Crippen molar-refractivity contribution in [1.29, 1.82) is 0 Å². The summed E-state index contributed by atoms with van der Waals surface area (Å²) in [5, 5.41) is 5.68. The molecule has 0 saturated carbocycles. The predicted octanol–water partition coefficient (Wildman–Crippen LogP) is 2.92. The Morgan fingerprint density at radius 3 is 2.48 bits per heavy atom. The summed E-state index contributed by atoms with van der Waals surface area (Å²) in [5.74, 6) is -0.264. The Morgan fingerprint density at radius 2 is 1.78 bits per heavy atom. The number of amides is 2. The molecular weight excluding hydrogens is 290 g/mol. The molecule has 0 saturated heterocycles. The van der Waals surface area contributed by atoms with Crippen LogP contribution in [0.1, 0.15) is 28.8 Å². The van der Waals surface area contributed by atoms with E-state index < -0.39 is 0 Å². The van der Waals surface area contributed by atoms with Crippen LogP contribution < -0.4 is 16.4 Å². The van der Waals surface area contributed by atoms with E-state index in [-0.39, 0.29) is 11.8 Å². The van der Waals surface area contributed by atoms with Gasteiger partial charge in [-0.2, -0.15) is 0 Å². The largest absolute Gasteiger partial charge is 0.330 e. The molecule has 0 bridgehead atoms. The van der Waals surface area contributed by atoms with Crippen molar-refractivity contribution in [3.05, 3.63) is 59.7 Å². The molecule has 5 nitrogen and oxygen atoms in total. The highest BCUT2D eigenvalue weighted by molar-refractivity contribution is 6.05. The molecule has 4 N–H and O–H groups in total. The lowest BCUT2D eigenvalue weighted by Crippen LogP contribution is -2.15. The number of carbonyl (C=O) groups is 2. The summed E-state index contributed by atoms with van der Waals surface area (Å²) in [6.07, 6.45) is 1.03. The molecule has 0 radical (unpaired) electrons. The molecule has 0 atom stereocenters. The van der Waals surface area contributed by atoms with Gasteiger partial charge in [0.2, 0.25) is 5.91 Å². The fourth-order valence-corrected chi connectivity index (χ4v) is 2.10. The third-order valence-corrected chi connectivity index (χ3v) is 3.41. The predicted molar refractivity (Wildman–Crippen MR) is 92.5 cm³/mol. The molecule has 0 aromatic heterocycles. The van der Waals surface area contributed by atoms with E-state index >= 15 is 0 Å². The quantitative estimate of drug-likeness (QED) is 0.767. The molecule has 0 aliphatic heterocycles. The first-order chi connectivity index (χ1) is 11.1. The van der Waals surface area contributed by atoms with Crippen LogP contribution in [-0.4, -0.2) is 18.4 Å². The van der Waals surface area contributed by atoms with E-state index in [4.69, 9.17) is 5.73 Å². The lowest BCUT2D eigenvalue weighted by Gasteiger charge is -2.11. The number of rotatable bonds is 6. The van der Waals surface area contributed by atoms with Crippen molar-refractivity contribution >= 4 is 23.2 Å². The van der Waals surface area contributed by atoms with Gasteiger partial charge in [-0.15, -0.1) is 0 Å². The Kier molecular flexibility index (Phi) is 5.88. The number of hydrogen-bond donors (Lipinski definition) is 3. The summed E-state index contributed by atoms with van der Waals surface area (Å²) in [6, 6.07) is 14.4. The van der Waals surface area contributed by atoms with Crippen LogP contribution in [0.4, 0.5) is 11.4 Å². The van der Waals surface area contributed by atoms with Gasteiger partial charge in [-0.25, -0.2) is 0 Å². The van der Waals surface area contributed by atoms with Crippen LogP contribution in [0.3, 0.4) is 0 Å². The third-order valence-electron chi connectivity index (χ3n) is 3.41. The Bertz CT molecular complexity index is 684. The van der Waals surface area contributed by atoms with Crippen molar-refractivity contribution in [2.24, 2.45) is 5.73 Å². The van der Waals surface area contributed by atoms with Crippen LogP contribution in [0.25, 0.3) is 0 Å². The smallest absolute Gasteiger partial charge is 0.255 e. The maximum absolute atomic E-state index is 12.2. The Morgan fingerprint density at radius 1 is 1.04 bits per heavy atom. The molecule has 5 heteroatoms. The van der Waals surface area contributed by atoms with Crippen LogP contribution in [-0.2, 0) is 4.79 Å². The third kappa shape index (κ3) is 4.93. The minimum atomic E-state index is -0.180. The van der Waals surface area contributed by atoms with Gasteiger partial charge in [-0.3, -0.25) is 9.59 Å². The second-order valence-corrected chi connectivity index (χ2v) is 5.29. The first-order valence-corrected chi connectivity index (χ1v) is 7.57. The topological polar surface area (TPSA) is 84.2 Å². The summed E-state index contributed by atoms with van der Waals surface area (Å²) in [6.45, 7) is 2.39. The van der Waals surface area contributed by atoms with Crippen molar-refractivity contribution < 1.29 is 9.59 Å². The molecule has 2 amide bonds. The van der Waals surface area contributed by atoms with E-state index in [0.717, 1.165) is 5.56 Å². The molecule has 2 aromatic rings. The van der Waals surface area contributed by atoms with Gasteiger partial charge in [-0.05, 0) is 49.7 Å². The zero-order valence-corrected chi connectivity index (χ0v) is 13.1. The van der Waals surface area contributed by atoms with Gasteiger partial charge in [0.25, 0.3) is 5.91 Å². The molecule has 2 rings (SSSR count). The molecule has 2 aromatic carbocycles. The number of nitrogens with two attached hydrogens (primary N) is 1. The van der Waals surface area contributed by atoms with Crippen molar-refractivity contribution in [2.75, 3.05) is 17.2 Å². The summed E-state index contributed by atoms with van der Waals surface area (Å²) >= 11 is 0. The van der Waals surface area contributed by atoms with E-state index in [2.05, 4.69) is 10.6 Å². The second kappa shape index (κ2) is 8.10. The fourth-order valence-electron chi connectivity index (χ4n) is 2.10. The van der Waals surface area contributed by atoms with Gasteiger partial charge >= 0.3 is 0 Å². The highest BCUT2D eigenvalue weighted by Crippen LogP contribution is 2.21. The molecule has 0 spiro atoms. The van der Waals surface area contributed by atoms with E-state index in [1.165, 1.54) is 0 Å². The van der Waals surface area contributed by atoms with Crippen LogP contribution in [0, 0.1) is 6.92 Å². The standard InChI is InChI=1S/C18H21N3O2/c1-13-9-10-15(20-17(22)8-5-11-19)12-16(13)21-18(23)14-6-3-2-4-7-14/h2-4,6-7,9-10,12H,5,8,11,19H2,1H3,(H,20,22)(H,21,23). The highest BCUT2D eigenvalue weighted by atomic mass is 16.2. The van der Waals surface area contributed by atoms with E-state index in [9.17, 15) is 9.59 Å².